The van der Waals surface area contributed by atoms with Gasteiger partial charge in [-0.05, 0) is 63.8 Å². The van der Waals surface area contributed by atoms with Crippen molar-refractivity contribution in [1.82, 2.24) is 10.2 Å². The maximum atomic E-state index is 12.7. The van der Waals surface area contributed by atoms with Gasteiger partial charge in [0.2, 0.25) is 0 Å². The van der Waals surface area contributed by atoms with Crippen LogP contribution in [0.5, 0.6) is 0 Å². The second kappa shape index (κ2) is 9.13. The summed E-state index contributed by atoms with van der Waals surface area (Å²) in [7, 11) is 0.0111. The molecule has 0 saturated heterocycles. The number of hydrogen-bond acceptors (Lipinski definition) is 5. The Morgan fingerprint density at radius 2 is 1.76 bits per heavy atom. The third-order valence-corrected chi connectivity index (χ3v) is 5.61. The molecule has 7 nitrogen and oxygen atoms in total. The predicted molar refractivity (Wildman–Crippen MR) is 115 cm³/mol. The van der Waals surface area contributed by atoms with E-state index in [9.17, 15) is 18.3 Å². The third-order valence-electron chi connectivity index (χ3n) is 3.99. The van der Waals surface area contributed by atoms with Crippen LogP contribution < -0.4 is 10.0 Å². The number of carbonyl (C=O) groups is 1. The number of rotatable bonds is 8. The second-order valence-corrected chi connectivity index (χ2v) is 9.83. The number of nitrogens with zero attached hydrogens (tertiary/aromatic N) is 1. The SMILES string of the molecule is CN(C)Cc1ccc(S(=O)(=O)Nc2cc(Cl)cc(C(=O)NC(C)(C)CO)c2)cc1. The van der Waals surface area contributed by atoms with Crippen molar-refractivity contribution < 1.29 is 18.3 Å². The third kappa shape index (κ3) is 6.71. The number of nitrogens with one attached hydrogen (secondary N) is 2. The first-order valence-electron chi connectivity index (χ1n) is 8.92. The Morgan fingerprint density at radius 1 is 1.14 bits per heavy atom. The summed E-state index contributed by atoms with van der Waals surface area (Å²) < 4.78 is 27.9. The molecule has 0 aliphatic rings. The summed E-state index contributed by atoms with van der Waals surface area (Å²) in [5, 5.41) is 12.2. The fourth-order valence-electron chi connectivity index (χ4n) is 2.55. The average Bonchev–Trinajstić information content (AvgIpc) is 2.60. The van der Waals surface area contributed by atoms with Gasteiger partial charge in [0.1, 0.15) is 0 Å². The van der Waals surface area contributed by atoms with Crippen LogP contribution in [0, 0.1) is 0 Å². The van der Waals surface area contributed by atoms with Crippen molar-refractivity contribution in [1.29, 1.82) is 0 Å². The zero-order valence-electron chi connectivity index (χ0n) is 16.9. The number of anilines is 1. The minimum absolute atomic E-state index is 0.104. The van der Waals surface area contributed by atoms with Gasteiger partial charge in [0, 0.05) is 17.1 Å². The van der Waals surface area contributed by atoms with E-state index in [4.69, 9.17) is 11.6 Å². The molecule has 0 radical (unpaired) electrons. The molecule has 0 heterocycles. The van der Waals surface area contributed by atoms with Crippen LogP contribution in [0.4, 0.5) is 5.69 Å². The Hall–Kier alpha value is -2.13. The summed E-state index contributed by atoms with van der Waals surface area (Å²) in [5.74, 6) is -0.472. The highest BCUT2D eigenvalue weighted by Crippen LogP contribution is 2.23. The summed E-state index contributed by atoms with van der Waals surface area (Å²) >= 11 is 6.07. The summed E-state index contributed by atoms with van der Waals surface area (Å²) in [6.45, 7) is 3.78. The van der Waals surface area contributed by atoms with Gasteiger partial charge in [0.15, 0.2) is 0 Å². The number of aliphatic hydroxyl groups is 1. The molecule has 0 bridgehead atoms. The first-order chi connectivity index (χ1) is 13.4. The summed E-state index contributed by atoms with van der Waals surface area (Å²) in [6, 6.07) is 10.8. The molecular weight excluding hydrogens is 414 g/mol. The molecule has 2 aromatic carbocycles. The van der Waals surface area contributed by atoms with E-state index in [1.54, 1.807) is 26.0 Å². The number of amides is 1. The molecule has 0 fully saturated rings. The van der Waals surface area contributed by atoms with E-state index in [-0.39, 0.29) is 27.8 Å². The van der Waals surface area contributed by atoms with Gasteiger partial charge in [-0.2, -0.15) is 0 Å². The van der Waals surface area contributed by atoms with Crippen LogP contribution in [0.2, 0.25) is 5.02 Å². The van der Waals surface area contributed by atoms with Crippen LogP contribution in [-0.4, -0.2) is 50.6 Å². The lowest BCUT2D eigenvalue weighted by molar-refractivity contribution is 0.0869. The van der Waals surface area contributed by atoms with Crippen LogP contribution in [0.15, 0.2) is 47.4 Å². The molecule has 0 unspecified atom stereocenters. The quantitative estimate of drug-likeness (QED) is 0.587. The molecular formula is C20H26ClN3O4S. The van der Waals surface area contributed by atoms with Crippen LogP contribution in [0.25, 0.3) is 0 Å². The van der Waals surface area contributed by atoms with E-state index in [0.717, 1.165) is 5.56 Å². The lowest BCUT2D eigenvalue weighted by Crippen LogP contribution is -2.46. The molecule has 0 aliphatic carbocycles. The van der Waals surface area contributed by atoms with Gasteiger partial charge < -0.3 is 15.3 Å². The molecule has 1 amide bonds. The average molecular weight is 440 g/mol. The highest BCUT2D eigenvalue weighted by Gasteiger charge is 2.21. The Kier molecular flexibility index (Phi) is 7.29. The summed E-state index contributed by atoms with van der Waals surface area (Å²) in [5.41, 5.74) is 0.509. The van der Waals surface area contributed by atoms with E-state index in [2.05, 4.69) is 10.0 Å². The van der Waals surface area contributed by atoms with Crippen LogP contribution >= 0.6 is 11.6 Å². The highest BCUT2D eigenvalue weighted by molar-refractivity contribution is 7.92. The second-order valence-electron chi connectivity index (χ2n) is 7.71. The van der Waals surface area contributed by atoms with Crippen LogP contribution in [0.1, 0.15) is 29.8 Å². The van der Waals surface area contributed by atoms with Crippen molar-refractivity contribution in [3.05, 3.63) is 58.6 Å². The molecule has 0 saturated carbocycles. The maximum Gasteiger partial charge on any atom is 0.261 e. The number of aliphatic hydroxyl groups excluding tert-OH is 1. The monoisotopic (exact) mass is 439 g/mol. The molecule has 9 heteroatoms. The lowest BCUT2D eigenvalue weighted by Gasteiger charge is -2.23. The van der Waals surface area contributed by atoms with Gasteiger partial charge in [-0.3, -0.25) is 9.52 Å². The molecule has 158 valence electrons. The number of halogens is 1. The van der Waals surface area contributed by atoms with Gasteiger partial charge >= 0.3 is 0 Å². The van der Waals surface area contributed by atoms with Gasteiger partial charge in [-0.1, -0.05) is 23.7 Å². The number of carbonyl (C=O) groups excluding carboxylic acids is 1. The summed E-state index contributed by atoms with van der Waals surface area (Å²) in [4.78, 5) is 14.5. The Balaban J connectivity index is 2.24. The minimum Gasteiger partial charge on any atom is -0.394 e. The largest absolute Gasteiger partial charge is 0.394 e. The van der Waals surface area contributed by atoms with Crippen molar-refractivity contribution in [3.8, 4) is 0 Å². The first kappa shape index (κ1) is 23.2. The van der Waals surface area contributed by atoms with E-state index < -0.39 is 21.5 Å². The topological polar surface area (TPSA) is 98.7 Å². The summed E-state index contributed by atoms with van der Waals surface area (Å²) in [6.07, 6.45) is 0. The predicted octanol–water partition coefficient (Wildman–Crippen LogP) is 2.70. The molecule has 29 heavy (non-hydrogen) atoms. The molecule has 2 aromatic rings. The number of hydrogen-bond donors (Lipinski definition) is 3. The normalized spacial score (nSPS) is 12.1. The molecule has 0 spiro atoms. The zero-order valence-corrected chi connectivity index (χ0v) is 18.4. The fourth-order valence-corrected chi connectivity index (χ4v) is 3.83. The Morgan fingerprint density at radius 3 is 2.31 bits per heavy atom. The standard InChI is InChI=1S/C20H26ClN3O4S/c1-20(2,13-25)22-19(26)15-9-16(21)11-17(10-15)23-29(27,28)18-7-5-14(6-8-18)12-24(3)4/h5-11,23,25H,12-13H2,1-4H3,(H,22,26). The van der Waals surface area contributed by atoms with E-state index >= 15 is 0 Å². The highest BCUT2D eigenvalue weighted by atomic mass is 35.5. The zero-order chi connectivity index (χ0) is 21.8. The van der Waals surface area contributed by atoms with Gasteiger partial charge in [0.05, 0.1) is 22.7 Å². The molecule has 0 atom stereocenters. The molecule has 0 aromatic heterocycles. The van der Waals surface area contributed by atoms with Crippen LogP contribution in [0.3, 0.4) is 0 Å². The van der Waals surface area contributed by atoms with Gasteiger partial charge in [-0.25, -0.2) is 8.42 Å². The smallest absolute Gasteiger partial charge is 0.261 e. The van der Waals surface area contributed by atoms with E-state index in [1.165, 1.54) is 30.3 Å². The maximum absolute atomic E-state index is 12.7. The molecule has 2 rings (SSSR count). The lowest BCUT2D eigenvalue weighted by atomic mass is 10.1. The number of sulfonamides is 1. The first-order valence-corrected chi connectivity index (χ1v) is 10.8. The Labute approximate surface area is 176 Å². The minimum atomic E-state index is -3.85. The van der Waals surface area contributed by atoms with Gasteiger partial charge in [0.25, 0.3) is 15.9 Å². The van der Waals surface area contributed by atoms with E-state index in [0.29, 0.717) is 6.54 Å². The van der Waals surface area contributed by atoms with Crippen molar-refractivity contribution in [2.24, 2.45) is 0 Å². The number of benzene rings is 2. The van der Waals surface area contributed by atoms with E-state index in [1.807, 2.05) is 19.0 Å². The fraction of sp³-hybridized carbons (Fsp3) is 0.350. The van der Waals surface area contributed by atoms with Crippen molar-refractivity contribution in [3.63, 3.8) is 0 Å². The molecule has 3 N–H and O–H groups in total. The van der Waals surface area contributed by atoms with Crippen molar-refractivity contribution >= 4 is 33.2 Å². The van der Waals surface area contributed by atoms with Crippen molar-refractivity contribution in [2.45, 2.75) is 30.8 Å². The Bertz CT molecular complexity index is 974. The van der Waals surface area contributed by atoms with Crippen molar-refractivity contribution in [2.75, 3.05) is 25.4 Å². The van der Waals surface area contributed by atoms with Crippen LogP contribution in [-0.2, 0) is 16.6 Å². The molecule has 0 aliphatic heterocycles. The van der Waals surface area contributed by atoms with Gasteiger partial charge in [-0.15, -0.1) is 0 Å².